The molecule has 1 atom stereocenters. The van der Waals surface area contributed by atoms with Crippen LogP contribution in [-0.4, -0.2) is 55.9 Å². The van der Waals surface area contributed by atoms with Gasteiger partial charge < -0.3 is 29.7 Å². The summed E-state index contributed by atoms with van der Waals surface area (Å²) in [5, 5.41) is 5.39. The second kappa shape index (κ2) is 8.18. The largest absolute Gasteiger partial charge is 0.489 e. The molecule has 1 fully saturated rings. The molecule has 2 aliphatic rings. The summed E-state index contributed by atoms with van der Waals surface area (Å²) in [4.78, 5) is 38.0. The summed E-state index contributed by atoms with van der Waals surface area (Å²) in [6, 6.07) is 4.35. The van der Waals surface area contributed by atoms with Gasteiger partial charge in [-0.15, -0.1) is 0 Å². The van der Waals surface area contributed by atoms with Crippen LogP contribution in [0.15, 0.2) is 18.2 Å². The van der Waals surface area contributed by atoms with Crippen molar-refractivity contribution >= 4 is 23.6 Å². The molecule has 1 aromatic rings. The Labute approximate surface area is 169 Å². The van der Waals surface area contributed by atoms with Crippen molar-refractivity contribution in [2.24, 2.45) is 0 Å². The number of nitrogens with one attached hydrogen (secondary N) is 2. The summed E-state index contributed by atoms with van der Waals surface area (Å²) >= 11 is 0. The Morgan fingerprint density at radius 3 is 2.62 bits per heavy atom. The fraction of sp³-hybridized carbons (Fsp3) is 0.550. The highest BCUT2D eigenvalue weighted by Crippen LogP contribution is 2.34. The minimum absolute atomic E-state index is 0.0284. The van der Waals surface area contributed by atoms with E-state index < -0.39 is 17.7 Å². The summed E-state index contributed by atoms with van der Waals surface area (Å²) in [7, 11) is 1.59. The Hall–Kier alpha value is -2.97. The van der Waals surface area contributed by atoms with Crippen molar-refractivity contribution in [3.8, 4) is 11.5 Å². The lowest BCUT2D eigenvalue weighted by Crippen LogP contribution is -2.50. The number of anilines is 1. The van der Waals surface area contributed by atoms with Crippen molar-refractivity contribution in [3.05, 3.63) is 18.2 Å². The van der Waals surface area contributed by atoms with E-state index in [1.54, 1.807) is 46.0 Å². The number of carbonyl (C=O) groups is 3. The van der Waals surface area contributed by atoms with E-state index in [0.29, 0.717) is 17.2 Å². The van der Waals surface area contributed by atoms with E-state index in [0.717, 1.165) is 12.8 Å². The minimum atomic E-state index is -0.893. The number of amides is 3. The van der Waals surface area contributed by atoms with E-state index in [4.69, 9.17) is 14.2 Å². The Balaban J connectivity index is 1.64. The number of fused-ring (bicyclic) bond motifs is 1. The van der Waals surface area contributed by atoms with Crippen LogP contribution in [0.3, 0.4) is 0 Å². The SMILES string of the molecule is CN1C(=O)[C@@H](NC(=O)OC(C)(C)C)COc2ccc(OCC(=O)NC3CC3)cc21. The summed E-state index contributed by atoms with van der Waals surface area (Å²) in [5.74, 6) is 0.392. The second-order valence-electron chi connectivity index (χ2n) is 8.17. The number of likely N-dealkylation sites (N-methyl/N-ethyl adjacent to an activating group) is 1. The van der Waals surface area contributed by atoms with Crippen LogP contribution in [0.2, 0.25) is 0 Å². The van der Waals surface area contributed by atoms with Gasteiger partial charge in [0.15, 0.2) is 6.61 Å². The van der Waals surface area contributed by atoms with Crippen LogP contribution in [0.5, 0.6) is 11.5 Å². The molecule has 0 spiro atoms. The molecule has 0 unspecified atom stereocenters. The Kier molecular flexibility index (Phi) is 5.86. The van der Waals surface area contributed by atoms with Gasteiger partial charge in [-0.25, -0.2) is 4.79 Å². The maximum absolute atomic E-state index is 12.8. The first kappa shape index (κ1) is 20.8. The normalized spacial score (nSPS) is 18.8. The summed E-state index contributed by atoms with van der Waals surface area (Å²) in [6.07, 6.45) is 1.32. The lowest BCUT2D eigenvalue weighted by Gasteiger charge is -2.23. The molecule has 0 radical (unpaired) electrons. The molecule has 1 aliphatic carbocycles. The molecule has 1 aliphatic heterocycles. The molecule has 3 rings (SSSR count). The molecule has 1 saturated carbocycles. The van der Waals surface area contributed by atoms with Crippen molar-refractivity contribution in [1.29, 1.82) is 0 Å². The van der Waals surface area contributed by atoms with E-state index in [2.05, 4.69) is 10.6 Å². The third kappa shape index (κ3) is 5.75. The summed E-state index contributed by atoms with van der Waals surface area (Å²) in [5.41, 5.74) is -0.186. The van der Waals surface area contributed by atoms with E-state index in [9.17, 15) is 14.4 Å². The molecule has 1 aromatic carbocycles. The van der Waals surface area contributed by atoms with Crippen LogP contribution in [0.1, 0.15) is 33.6 Å². The molecule has 29 heavy (non-hydrogen) atoms. The van der Waals surface area contributed by atoms with Crippen LogP contribution < -0.4 is 25.0 Å². The lowest BCUT2D eigenvalue weighted by atomic mass is 10.2. The van der Waals surface area contributed by atoms with Gasteiger partial charge in [-0.05, 0) is 45.7 Å². The number of alkyl carbamates (subject to hydrolysis) is 1. The molecular formula is C20H27N3O6. The second-order valence-corrected chi connectivity index (χ2v) is 8.17. The number of nitrogens with zero attached hydrogens (tertiary/aromatic N) is 1. The van der Waals surface area contributed by atoms with Crippen molar-refractivity contribution in [2.45, 2.75) is 51.3 Å². The first-order chi connectivity index (χ1) is 13.6. The fourth-order valence-corrected chi connectivity index (χ4v) is 2.77. The summed E-state index contributed by atoms with van der Waals surface area (Å²) in [6.45, 7) is 5.10. The van der Waals surface area contributed by atoms with E-state index in [1.807, 2.05) is 0 Å². The zero-order chi connectivity index (χ0) is 21.2. The van der Waals surface area contributed by atoms with Crippen LogP contribution >= 0.6 is 0 Å². The Morgan fingerprint density at radius 1 is 1.24 bits per heavy atom. The van der Waals surface area contributed by atoms with Gasteiger partial charge in [-0.3, -0.25) is 9.59 Å². The number of carbonyl (C=O) groups excluding carboxylic acids is 3. The van der Waals surface area contributed by atoms with Crippen LogP contribution in [-0.2, 0) is 14.3 Å². The monoisotopic (exact) mass is 405 g/mol. The highest BCUT2D eigenvalue weighted by atomic mass is 16.6. The van der Waals surface area contributed by atoms with Crippen LogP contribution in [0.25, 0.3) is 0 Å². The van der Waals surface area contributed by atoms with Crippen LogP contribution in [0.4, 0.5) is 10.5 Å². The number of ether oxygens (including phenoxy) is 3. The van der Waals surface area contributed by atoms with Gasteiger partial charge in [0.05, 0.1) is 5.69 Å². The highest BCUT2D eigenvalue weighted by Gasteiger charge is 2.32. The average molecular weight is 405 g/mol. The predicted molar refractivity (Wildman–Crippen MR) is 105 cm³/mol. The van der Waals surface area contributed by atoms with Crippen molar-refractivity contribution in [2.75, 3.05) is 25.2 Å². The molecular weight excluding hydrogens is 378 g/mol. The van der Waals surface area contributed by atoms with E-state index in [1.165, 1.54) is 4.90 Å². The third-order valence-corrected chi connectivity index (χ3v) is 4.33. The van der Waals surface area contributed by atoms with Crippen LogP contribution in [0, 0.1) is 0 Å². The molecule has 9 heteroatoms. The molecule has 0 aromatic heterocycles. The van der Waals surface area contributed by atoms with Gasteiger partial charge in [0, 0.05) is 19.2 Å². The van der Waals surface area contributed by atoms with Gasteiger partial charge in [-0.1, -0.05) is 0 Å². The zero-order valence-electron chi connectivity index (χ0n) is 17.1. The summed E-state index contributed by atoms with van der Waals surface area (Å²) < 4.78 is 16.5. The topological polar surface area (TPSA) is 106 Å². The number of rotatable bonds is 5. The molecule has 158 valence electrons. The fourth-order valence-electron chi connectivity index (χ4n) is 2.77. The third-order valence-electron chi connectivity index (χ3n) is 4.33. The van der Waals surface area contributed by atoms with Gasteiger partial charge in [-0.2, -0.15) is 0 Å². The average Bonchev–Trinajstić information content (AvgIpc) is 3.45. The Morgan fingerprint density at radius 2 is 1.97 bits per heavy atom. The smallest absolute Gasteiger partial charge is 0.408 e. The van der Waals surface area contributed by atoms with E-state index in [-0.39, 0.29) is 31.1 Å². The molecule has 0 saturated heterocycles. The molecule has 2 N–H and O–H groups in total. The molecule has 1 heterocycles. The number of hydrogen-bond donors (Lipinski definition) is 2. The van der Waals surface area contributed by atoms with Crippen molar-refractivity contribution in [1.82, 2.24) is 10.6 Å². The van der Waals surface area contributed by atoms with Gasteiger partial charge >= 0.3 is 6.09 Å². The number of hydrogen-bond acceptors (Lipinski definition) is 6. The van der Waals surface area contributed by atoms with Gasteiger partial charge in [0.1, 0.15) is 29.7 Å². The van der Waals surface area contributed by atoms with E-state index >= 15 is 0 Å². The number of benzene rings is 1. The maximum atomic E-state index is 12.8. The minimum Gasteiger partial charge on any atom is -0.489 e. The highest BCUT2D eigenvalue weighted by molar-refractivity contribution is 6.00. The first-order valence-corrected chi connectivity index (χ1v) is 9.58. The van der Waals surface area contributed by atoms with Gasteiger partial charge in [0.2, 0.25) is 0 Å². The van der Waals surface area contributed by atoms with Crippen molar-refractivity contribution in [3.63, 3.8) is 0 Å². The standard InChI is InChI=1S/C20H27N3O6/c1-20(2,3)29-19(26)22-14-10-28-16-8-7-13(9-15(16)23(4)18(14)25)27-11-17(24)21-12-5-6-12/h7-9,12,14H,5-6,10-11H2,1-4H3,(H,21,24)(H,22,26)/t14-/m0/s1. The van der Waals surface area contributed by atoms with Crippen molar-refractivity contribution < 1.29 is 28.6 Å². The predicted octanol–water partition coefficient (Wildman–Crippen LogP) is 1.59. The quantitative estimate of drug-likeness (QED) is 0.771. The van der Waals surface area contributed by atoms with Gasteiger partial charge in [0.25, 0.3) is 11.8 Å². The zero-order valence-corrected chi connectivity index (χ0v) is 17.1. The lowest BCUT2D eigenvalue weighted by molar-refractivity contribution is -0.123. The molecule has 3 amide bonds. The Bertz CT molecular complexity index is 800. The molecule has 0 bridgehead atoms. The molecule has 9 nitrogen and oxygen atoms in total. The first-order valence-electron chi connectivity index (χ1n) is 9.58. The maximum Gasteiger partial charge on any atom is 0.408 e.